The van der Waals surface area contributed by atoms with Gasteiger partial charge in [-0.05, 0) is 23.8 Å². The Morgan fingerprint density at radius 2 is 1.39 bits per heavy atom. The molecule has 0 spiro atoms. The Hall–Kier alpha value is -4.12. The summed E-state index contributed by atoms with van der Waals surface area (Å²) >= 11 is 0. The average Bonchev–Trinajstić information content (AvgIpc) is 3.29. The Bertz CT molecular complexity index is 1310. The Kier molecular flexibility index (Phi) is 4.44. The van der Waals surface area contributed by atoms with Gasteiger partial charge in [0.05, 0.1) is 22.5 Å². The van der Waals surface area contributed by atoms with Crippen LogP contribution in [0.25, 0.3) is 27.9 Å². The second kappa shape index (κ2) is 7.29. The molecule has 152 valence electrons. The zero-order valence-corrected chi connectivity index (χ0v) is 17.3. The van der Waals surface area contributed by atoms with Crippen LogP contribution in [-0.4, -0.2) is 40.7 Å². The highest BCUT2D eigenvalue weighted by molar-refractivity contribution is 6.22. The van der Waals surface area contributed by atoms with Crippen molar-refractivity contribution in [3.8, 4) is 11.3 Å². The SMILES string of the molecule is CN(C)/C(=C\N1C(=O)c2ccccc2C1=O)c1c(-c2ccccc2)[nH]c2ccccc12. The lowest BCUT2D eigenvalue weighted by Gasteiger charge is -2.21. The zero-order valence-electron chi connectivity index (χ0n) is 17.3. The Balaban J connectivity index is 1.73. The summed E-state index contributed by atoms with van der Waals surface area (Å²) in [6, 6.07) is 25.0. The van der Waals surface area contributed by atoms with Gasteiger partial charge in [0.2, 0.25) is 0 Å². The molecule has 5 nitrogen and oxygen atoms in total. The number of hydrogen-bond acceptors (Lipinski definition) is 3. The number of carbonyl (C=O) groups is 2. The van der Waals surface area contributed by atoms with E-state index in [-0.39, 0.29) is 11.8 Å². The van der Waals surface area contributed by atoms with Crippen molar-refractivity contribution in [3.05, 3.63) is 102 Å². The Morgan fingerprint density at radius 1 is 0.806 bits per heavy atom. The Morgan fingerprint density at radius 3 is 2.03 bits per heavy atom. The van der Waals surface area contributed by atoms with Crippen LogP contribution in [0.1, 0.15) is 26.3 Å². The number of aromatic amines is 1. The van der Waals surface area contributed by atoms with Crippen molar-refractivity contribution in [3.63, 3.8) is 0 Å². The van der Waals surface area contributed by atoms with Crippen LogP contribution < -0.4 is 0 Å². The highest BCUT2D eigenvalue weighted by Gasteiger charge is 2.35. The van der Waals surface area contributed by atoms with Gasteiger partial charge in [-0.1, -0.05) is 60.7 Å². The van der Waals surface area contributed by atoms with Gasteiger partial charge in [-0.3, -0.25) is 9.59 Å². The van der Waals surface area contributed by atoms with E-state index in [1.807, 2.05) is 73.6 Å². The van der Waals surface area contributed by atoms with Gasteiger partial charge in [0.25, 0.3) is 11.8 Å². The predicted octanol–water partition coefficient (Wildman–Crippen LogP) is 4.99. The van der Waals surface area contributed by atoms with E-state index in [1.54, 1.807) is 30.5 Å². The summed E-state index contributed by atoms with van der Waals surface area (Å²) < 4.78 is 0. The third-order valence-corrected chi connectivity index (χ3v) is 5.58. The molecule has 5 rings (SSSR count). The summed E-state index contributed by atoms with van der Waals surface area (Å²) in [5.41, 5.74) is 5.55. The summed E-state index contributed by atoms with van der Waals surface area (Å²) in [6.45, 7) is 0. The number of imide groups is 1. The largest absolute Gasteiger partial charge is 0.376 e. The fraction of sp³-hybridized carbons (Fsp3) is 0.0769. The number of para-hydroxylation sites is 1. The maximum atomic E-state index is 13.0. The molecule has 4 aromatic rings. The number of benzene rings is 3. The second-order valence-corrected chi connectivity index (χ2v) is 7.72. The molecule has 2 heterocycles. The van der Waals surface area contributed by atoms with E-state index < -0.39 is 0 Å². The van der Waals surface area contributed by atoms with E-state index in [9.17, 15) is 9.59 Å². The van der Waals surface area contributed by atoms with Gasteiger partial charge in [0.15, 0.2) is 0 Å². The smallest absolute Gasteiger partial charge is 0.265 e. The number of H-pyrrole nitrogens is 1. The lowest BCUT2D eigenvalue weighted by Crippen LogP contribution is -2.26. The highest BCUT2D eigenvalue weighted by Crippen LogP contribution is 2.37. The van der Waals surface area contributed by atoms with E-state index in [2.05, 4.69) is 4.98 Å². The van der Waals surface area contributed by atoms with Crippen LogP contribution in [0, 0.1) is 0 Å². The first-order chi connectivity index (χ1) is 15.1. The number of nitrogens with one attached hydrogen (secondary N) is 1. The molecule has 0 aliphatic carbocycles. The van der Waals surface area contributed by atoms with Crippen LogP contribution >= 0.6 is 0 Å². The minimum absolute atomic E-state index is 0.305. The molecule has 31 heavy (non-hydrogen) atoms. The maximum absolute atomic E-state index is 13.0. The molecule has 0 unspecified atom stereocenters. The van der Waals surface area contributed by atoms with Crippen LogP contribution in [0.4, 0.5) is 0 Å². The van der Waals surface area contributed by atoms with Crippen LogP contribution in [-0.2, 0) is 0 Å². The molecular weight excluding hydrogens is 386 g/mol. The number of nitrogens with zero attached hydrogens (tertiary/aromatic N) is 2. The van der Waals surface area contributed by atoms with Crippen LogP contribution in [0.5, 0.6) is 0 Å². The van der Waals surface area contributed by atoms with Crippen molar-refractivity contribution in [2.75, 3.05) is 14.1 Å². The molecule has 0 atom stereocenters. The fourth-order valence-electron chi connectivity index (χ4n) is 4.08. The number of fused-ring (bicyclic) bond motifs is 2. The topological polar surface area (TPSA) is 56.4 Å². The van der Waals surface area contributed by atoms with Gasteiger partial charge in [0, 0.05) is 36.8 Å². The minimum Gasteiger partial charge on any atom is -0.376 e. The van der Waals surface area contributed by atoms with Gasteiger partial charge in [-0.25, -0.2) is 4.90 Å². The quantitative estimate of drug-likeness (QED) is 0.485. The molecule has 1 aliphatic rings. The number of aromatic nitrogens is 1. The molecule has 0 radical (unpaired) electrons. The molecule has 0 saturated heterocycles. The van der Waals surface area contributed by atoms with Crippen LogP contribution in [0.15, 0.2) is 85.1 Å². The Labute approximate surface area is 180 Å². The van der Waals surface area contributed by atoms with E-state index in [0.29, 0.717) is 11.1 Å². The third-order valence-electron chi connectivity index (χ3n) is 5.58. The van der Waals surface area contributed by atoms with E-state index in [0.717, 1.165) is 33.4 Å². The first kappa shape index (κ1) is 18.9. The molecule has 2 amide bonds. The molecule has 1 aliphatic heterocycles. The van der Waals surface area contributed by atoms with Gasteiger partial charge >= 0.3 is 0 Å². The van der Waals surface area contributed by atoms with Gasteiger partial charge in [-0.2, -0.15) is 0 Å². The summed E-state index contributed by atoms with van der Waals surface area (Å²) in [7, 11) is 3.83. The van der Waals surface area contributed by atoms with Gasteiger partial charge < -0.3 is 9.88 Å². The number of amides is 2. The van der Waals surface area contributed by atoms with E-state index >= 15 is 0 Å². The molecule has 0 bridgehead atoms. The molecule has 5 heteroatoms. The molecule has 1 aromatic heterocycles. The molecule has 0 fully saturated rings. The van der Waals surface area contributed by atoms with Crippen molar-refractivity contribution in [1.29, 1.82) is 0 Å². The summed E-state index contributed by atoms with van der Waals surface area (Å²) in [6.07, 6.45) is 1.66. The van der Waals surface area contributed by atoms with Crippen molar-refractivity contribution < 1.29 is 9.59 Å². The van der Waals surface area contributed by atoms with Gasteiger partial charge in [-0.15, -0.1) is 0 Å². The van der Waals surface area contributed by atoms with Crippen molar-refractivity contribution in [2.45, 2.75) is 0 Å². The third kappa shape index (κ3) is 3.02. The molecule has 1 N–H and O–H groups in total. The van der Waals surface area contributed by atoms with E-state index in [1.165, 1.54) is 4.90 Å². The molecular formula is C26H21N3O2. The predicted molar refractivity (Wildman–Crippen MR) is 122 cm³/mol. The van der Waals surface area contributed by atoms with Crippen molar-refractivity contribution >= 4 is 28.4 Å². The van der Waals surface area contributed by atoms with Gasteiger partial charge in [0.1, 0.15) is 0 Å². The monoisotopic (exact) mass is 407 g/mol. The standard InChI is InChI=1S/C26H21N3O2/c1-28(2)22(16-29-25(30)18-12-6-7-13-19(18)26(29)31)23-20-14-8-9-15-21(20)27-24(23)17-10-4-3-5-11-17/h3-16,27H,1-2H3/b22-16-. The number of hydrogen-bond donors (Lipinski definition) is 1. The first-order valence-corrected chi connectivity index (χ1v) is 10.1. The van der Waals surface area contributed by atoms with Crippen molar-refractivity contribution in [1.82, 2.24) is 14.8 Å². The second-order valence-electron chi connectivity index (χ2n) is 7.72. The minimum atomic E-state index is -0.305. The maximum Gasteiger partial charge on any atom is 0.265 e. The highest BCUT2D eigenvalue weighted by atomic mass is 16.2. The summed E-state index contributed by atoms with van der Waals surface area (Å²) in [5.74, 6) is -0.609. The van der Waals surface area contributed by atoms with E-state index in [4.69, 9.17) is 0 Å². The fourth-order valence-corrected chi connectivity index (χ4v) is 4.08. The lowest BCUT2D eigenvalue weighted by molar-refractivity contribution is 0.0721. The molecule has 3 aromatic carbocycles. The average molecular weight is 407 g/mol. The number of carbonyl (C=O) groups excluding carboxylic acids is 2. The van der Waals surface area contributed by atoms with Crippen molar-refractivity contribution in [2.24, 2.45) is 0 Å². The zero-order chi connectivity index (χ0) is 21.5. The summed E-state index contributed by atoms with van der Waals surface area (Å²) in [5, 5.41) is 1.03. The first-order valence-electron chi connectivity index (χ1n) is 10.1. The number of rotatable bonds is 4. The normalized spacial score (nSPS) is 13.7. The lowest BCUT2D eigenvalue weighted by atomic mass is 10.0. The van der Waals surface area contributed by atoms with Crippen LogP contribution in [0.3, 0.4) is 0 Å². The summed E-state index contributed by atoms with van der Waals surface area (Å²) in [4.78, 5) is 32.7. The van der Waals surface area contributed by atoms with Crippen LogP contribution in [0.2, 0.25) is 0 Å². The molecule has 0 saturated carbocycles.